The summed E-state index contributed by atoms with van der Waals surface area (Å²) in [6.07, 6.45) is 7.90. The highest BCUT2D eigenvalue weighted by molar-refractivity contribution is 5.86. The van der Waals surface area contributed by atoms with Crippen molar-refractivity contribution in [1.29, 1.82) is 0 Å². The zero-order valence-corrected chi connectivity index (χ0v) is 18.1. The molecule has 0 atom stereocenters. The van der Waals surface area contributed by atoms with Gasteiger partial charge in [0.05, 0.1) is 17.6 Å². The molecule has 1 aromatic heterocycles. The Morgan fingerprint density at radius 3 is 2.71 bits per heavy atom. The Labute approximate surface area is 184 Å². The number of benzene rings is 2. The maximum absolute atomic E-state index is 11.2. The van der Waals surface area contributed by atoms with E-state index in [2.05, 4.69) is 41.2 Å². The van der Waals surface area contributed by atoms with Crippen molar-refractivity contribution >= 4 is 16.9 Å². The van der Waals surface area contributed by atoms with Gasteiger partial charge in [0.2, 0.25) is 5.91 Å². The highest BCUT2D eigenvalue weighted by atomic mass is 16.5. The number of rotatable bonds is 13. The molecule has 5 nitrogen and oxygen atoms in total. The zero-order chi connectivity index (χ0) is 21.9. The van der Waals surface area contributed by atoms with E-state index in [1.165, 1.54) is 6.08 Å². The van der Waals surface area contributed by atoms with Crippen molar-refractivity contribution in [2.24, 2.45) is 0 Å². The molecule has 0 fully saturated rings. The van der Waals surface area contributed by atoms with Gasteiger partial charge in [0.15, 0.2) is 0 Å². The molecular weight excluding hydrogens is 386 g/mol. The van der Waals surface area contributed by atoms with Crippen LogP contribution in [-0.2, 0) is 24.2 Å². The van der Waals surface area contributed by atoms with E-state index in [1.807, 2.05) is 36.4 Å². The van der Waals surface area contributed by atoms with Gasteiger partial charge >= 0.3 is 0 Å². The average Bonchev–Trinajstić information content (AvgIpc) is 3.14. The normalized spacial score (nSPS) is 10.7. The van der Waals surface area contributed by atoms with E-state index in [9.17, 15) is 4.79 Å². The van der Waals surface area contributed by atoms with Gasteiger partial charge in [-0.3, -0.25) is 4.79 Å². The Balaban J connectivity index is 1.59. The van der Waals surface area contributed by atoms with Gasteiger partial charge in [0, 0.05) is 13.0 Å². The maximum Gasteiger partial charge on any atom is 0.243 e. The summed E-state index contributed by atoms with van der Waals surface area (Å²) in [6.45, 7) is 9.30. The first-order chi connectivity index (χ1) is 15.2. The molecule has 3 aromatic rings. The molecule has 162 valence electrons. The summed E-state index contributed by atoms with van der Waals surface area (Å²) in [4.78, 5) is 16.1. The second-order valence-electron chi connectivity index (χ2n) is 7.42. The maximum atomic E-state index is 11.2. The van der Waals surface area contributed by atoms with Crippen molar-refractivity contribution in [1.82, 2.24) is 14.9 Å². The van der Waals surface area contributed by atoms with E-state index in [4.69, 9.17) is 9.72 Å². The minimum atomic E-state index is -0.114. The fourth-order valence-corrected chi connectivity index (χ4v) is 3.65. The third-order valence-electron chi connectivity index (χ3n) is 5.20. The van der Waals surface area contributed by atoms with E-state index < -0.39 is 0 Å². The molecular formula is C26H31N3O2. The number of carbonyl (C=O) groups excluding carboxylic acids is 1. The number of nitrogens with zero attached hydrogens (tertiary/aromatic N) is 2. The number of unbranched alkanes of at least 4 members (excludes halogenated alkanes) is 2. The first kappa shape index (κ1) is 22.3. The largest absolute Gasteiger partial charge is 0.491 e. The van der Waals surface area contributed by atoms with E-state index in [-0.39, 0.29) is 5.91 Å². The molecule has 2 aromatic carbocycles. The molecule has 0 radical (unpaired) electrons. The Hall–Kier alpha value is -3.34. The van der Waals surface area contributed by atoms with Crippen LogP contribution in [0.3, 0.4) is 0 Å². The quantitative estimate of drug-likeness (QED) is 0.245. The van der Waals surface area contributed by atoms with Crippen molar-refractivity contribution in [3.63, 3.8) is 0 Å². The SMILES string of the molecule is C=CCc1ccccc1OCCn1c(CCCCCNC(=O)C=C)nc2ccccc21. The summed E-state index contributed by atoms with van der Waals surface area (Å²) < 4.78 is 8.38. The molecule has 31 heavy (non-hydrogen) atoms. The minimum absolute atomic E-state index is 0.114. The molecule has 5 heteroatoms. The van der Waals surface area contributed by atoms with E-state index >= 15 is 0 Å². The molecule has 0 unspecified atom stereocenters. The number of amides is 1. The van der Waals surface area contributed by atoms with Gasteiger partial charge in [-0.2, -0.15) is 0 Å². The Morgan fingerprint density at radius 2 is 1.87 bits per heavy atom. The minimum Gasteiger partial charge on any atom is -0.491 e. The van der Waals surface area contributed by atoms with Crippen LogP contribution < -0.4 is 10.1 Å². The lowest BCUT2D eigenvalue weighted by atomic mass is 10.1. The third-order valence-corrected chi connectivity index (χ3v) is 5.20. The summed E-state index contributed by atoms with van der Waals surface area (Å²) in [5.41, 5.74) is 3.30. The molecule has 1 amide bonds. The van der Waals surface area contributed by atoms with Gasteiger partial charge in [-0.15, -0.1) is 6.58 Å². The predicted octanol–water partition coefficient (Wildman–Crippen LogP) is 4.86. The van der Waals surface area contributed by atoms with Crippen LogP contribution in [0, 0.1) is 0 Å². The number of hydrogen-bond acceptors (Lipinski definition) is 3. The lowest BCUT2D eigenvalue weighted by Gasteiger charge is -2.13. The summed E-state index contributed by atoms with van der Waals surface area (Å²) >= 11 is 0. The Kier molecular flexibility index (Phi) is 8.47. The van der Waals surface area contributed by atoms with Crippen LogP contribution in [0.1, 0.15) is 30.7 Å². The summed E-state index contributed by atoms with van der Waals surface area (Å²) in [7, 11) is 0. The molecule has 1 heterocycles. The average molecular weight is 418 g/mol. The summed E-state index contributed by atoms with van der Waals surface area (Å²) in [5, 5.41) is 2.82. The Morgan fingerprint density at radius 1 is 1.06 bits per heavy atom. The van der Waals surface area contributed by atoms with E-state index in [0.717, 1.165) is 66.8 Å². The number of imidazole rings is 1. The Bertz CT molecular complexity index is 1020. The van der Waals surface area contributed by atoms with Crippen molar-refractivity contribution < 1.29 is 9.53 Å². The van der Waals surface area contributed by atoms with Crippen LogP contribution in [0.25, 0.3) is 11.0 Å². The molecule has 0 saturated heterocycles. The van der Waals surface area contributed by atoms with Crippen LogP contribution >= 0.6 is 0 Å². The first-order valence-corrected chi connectivity index (χ1v) is 10.9. The van der Waals surface area contributed by atoms with Crippen molar-refractivity contribution in [2.45, 2.75) is 38.6 Å². The lowest BCUT2D eigenvalue weighted by Crippen LogP contribution is -2.21. The van der Waals surface area contributed by atoms with Gasteiger partial charge in [-0.1, -0.05) is 49.4 Å². The highest BCUT2D eigenvalue weighted by Gasteiger charge is 2.11. The van der Waals surface area contributed by atoms with Gasteiger partial charge in [-0.25, -0.2) is 4.98 Å². The number of para-hydroxylation sites is 3. The van der Waals surface area contributed by atoms with Gasteiger partial charge in [0.25, 0.3) is 0 Å². The molecule has 0 spiro atoms. The van der Waals surface area contributed by atoms with Crippen LogP contribution in [-0.4, -0.2) is 28.6 Å². The number of fused-ring (bicyclic) bond motifs is 1. The second-order valence-corrected chi connectivity index (χ2v) is 7.42. The second kappa shape index (κ2) is 11.7. The van der Waals surface area contributed by atoms with Crippen LogP contribution in [0.15, 0.2) is 73.8 Å². The number of allylic oxidation sites excluding steroid dienone is 1. The highest BCUT2D eigenvalue weighted by Crippen LogP contribution is 2.21. The molecule has 0 aliphatic heterocycles. The molecule has 3 rings (SSSR count). The van der Waals surface area contributed by atoms with E-state index in [0.29, 0.717) is 13.2 Å². The number of ether oxygens (including phenoxy) is 1. The predicted molar refractivity (Wildman–Crippen MR) is 126 cm³/mol. The first-order valence-electron chi connectivity index (χ1n) is 10.9. The van der Waals surface area contributed by atoms with Gasteiger partial charge in [-0.05, 0) is 49.1 Å². The molecule has 0 aliphatic rings. The molecule has 0 aliphatic carbocycles. The number of aryl methyl sites for hydroxylation is 1. The number of hydrogen-bond donors (Lipinski definition) is 1. The number of nitrogens with one attached hydrogen (secondary N) is 1. The summed E-state index contributed by atoms with van der Waals surface area (Å²) in [5.74, 6) is 1.88. The van der Waals surface area contributed by atoms with Crippen molar-refractivity contribution in [3.8, 4) is 5.75 Å². The standard InChI is InChI=1S/C26H31N3O2/c1-3-12-21-13-7-10-16-24(21)31-20-19-29-23-15-9-8-14-22(23)28-25(29)17-6-5-11-18-27-26(30)4-2/h3-4,7-10,13-16H,1-2,5-6,11-12,17-20H2,(H,27,30). The van der Waals surface area contributed by atoms with E-state index in [1.54, 1.807) is 0 Å². The molecule has 1 N–H and O–H groups in total. The fraction of sp³-hybridized carbons (Fsp3) is 0.308. The molecule has 0 saturated carbocycles. The van der Waals surface area contributed by atoms with Crippen molar-refractivity contribution in [3.05, 3.63) is 85.2 Å². The third kappa shape index (κ3) is 6.32. The topological polar surface area (TPSA) is 56.1 Å². The molecule has 0 bridgehead atoms. The smallest absolute Gasteiger partial charge is 0.243 e. The van der Waals surface area contributed by atoms with Crippen LogP contribution in [0.5, 0.6) is 5.75 Å². The number of aromatic nitrogens is 2. The van der Waals surface area contributed by atoms with Crippen LogP contribution in [0.4, 0.5) is 0 Å². The summed E-state index contributed by atoms with van der Waals surface area (Å²) in [6, 6.07) is 16.3. The van der Waals surface area contributed by atoms with Crippen LogP contribution in [0.2, 0.25) is 0 Å². The monoisotopic (exact) mass is 417 g/mol. The van der Waals surface area contributed by atoms with Crippen molar-refractivity contribution in [2.75, 3.05) is 13.2 Å². The lowest BCUT2D eigenvalue weighted by molar-refractivity contribution is -0.116. The zero-order valence-electron chi connectivity index (χ0n) is 18.1. The van der Waals surface area contributed by atoms with Gasteiger partial charge < -0.3 is 14.6 Å². The number of carbonyl (C=O) groups is 1. The van der Waals surface area contributed by atoms with Gasteiger partial charge in [0.1, 0.15) is 18.2 Å². The fourth-order valence-electron chi connectivity index (χ4n) is 3.65.